The molecule has 0 radical (unpaired) electrons. The van der Waals surface area contributed by atoms with E-state index < -0.39 is 0 Å². The monoisotopic (exact) mass is 322 g/mol. The molecular formula is C24H34. The van der Waals surface area contributed by atoms with Crippen LogP contribution >= 0.6 is 0 Å². The highest BCUT2D eigenvalue weighted by Gasteiger charge is 2.69. The minimum atomic E-state index is 0.528. The Morgan fingerprint density at radius 2 is 1.75 bits per heavy atom. The summed E-state index contributed by atoms with van der Waals surface area (Å²) in [6.07, 6.45) is 10.6. The van der Waals surface area contributed by atoms with E-state index in [1.165, 1.54) is 32.1 Å². The highest BCUT2D eigenvalue weighted by Crippen LogP contribution is 2.75. The van der Waals surface area contributed by atoms with Gasteiger partial charge in [-0.05, 0) is 85.0 Å². The lowest BCUT2D eigenvalue weighted by Gasteiger charge is -2.73. The van der Waals surface area contributed by atoms with Crippen molar-refractivity contribution in [2.75, 3.05) is 0 Å². The van der Waals surface area contributed by atoms with Gasteiger partial charge in [0.25, 0.3) is 0 Å². The Labute approximate surface area is 148 Å². The molecule has 0 saturated heterocycles. The number of benzene rings is 1. The Hall–Kier alpha value is -0.780. The van der Waals surface area contributed by atoms with Crippen LogP contribution in [0.5, 0.6) is 0 Å². The minimum Gasteiger partial charge on any atom is -0.0651 e. The first kappa shape index (κ1) is 15.5. The van der Waals surface area contributed by atoms with Crippen LogP contribution in [0, 0.1) is 40.9 Å². The third-order valence-electron chi connectivity index (χ3n) is 9.37. The van der Waals surface area contributed by atoms with Crippen molar-refractivity contribution in [1.82, 2.24) is 0 Å². The molecule has 0 heterocycles. The van der Waals surface area contributed by atoms with Crippen molar-refractivity contribution in [3.8, 4) is 0 Å². The summed E-state index contributed by atoms with van der Waals surface area (Å²) in [5, 5.41) is 0. The zero-order valence-electron chi connectivity index (χ0n) is 15.8. The Kier molecular flexibility index (Phi) is 3.30. The lowest BCUT2D eigenvalue weighted by molar-refractivity contribution is -0.211. The maximum absolute atomic E-state index is 2.55. The van der Waals surface area contributed by atoms with Crippen LogP contribution in [0.2, 0.25) is 0 Å². The first-order valence-corrected chi connectivity index (χ1v) is 10.7. The molecule has 5 aliphatic rings. The van der Waals surface area contributed by atoms with Crippen molar-refractivity contribution in [2.45, 2.75) is 71.1 Å². The van der Waals surface area contributed by atoms with E-state index in [0.717, 1.165) is 35.5 Å². The normalized spacial score (nSPS) is 48.9. The lowest BCUT2D eigenvalue weighted by atomic mass is 9.31. The molecule has 7 unspecified atom stereocenters. The maximum atomic E-state index is 2.55. The van der Waals surface area contributed by atoms with Crippen LogP contribution in [0.1, 0.15) is 71.3 Å². The van der Waals surface area contributed by atoms with Crippen LogP contribution in [0.3, 0.4) is 0 Å². The molecule has 1 aromatic carbocycles. The van der Waals surface area contributed by atoms with E-state index >= 15 is 0 Å². The van der Waals surface area contributed by atoms with Gasteiger partial charge in [-0.25, -0.2) is 0 Å². The van der Waals surface area contributed by atoms with Gasteiger partial charge >= 0.3 is 0 Å². The van der Waals surface area contributed by atoms with Gasteiger partial charge in [0.15, 0.2) is 0 Å². The third-order valence-corrected chi connectivity index (χ3v) is 9.37. The summed E-state index contributed by atoms with van der Waals surface area (Å²) in [6, 6.07) is 11.8. The van der Waals surface area contributed by atoms with Crippen LogP contribution in [-0.4, -0.2) is 0 Å². The molecule has 5 fully saturated rings. The second kappa shape index (κ2) is 5.12. The Morgan fingerprint density at radius 1 is 0.958 bits per heavy atom. The quantitative estimate of drug-likeness (QED) is 0.599. The molecule has 0 nitrogen and oxygen atoms in total. The average molecular weight is 323 g/mol. The zero-order chi connectivity index (χ0) is 16.5. The molecule has 0 amide bonds. The van der Waals surface area contributed by atoms with Crippen molar-refractivity contribution in [2.24, 2.45) is 40.9 Å². The summed E-state index contributed by atoms with van der Waals surface area (Å²) in [4.78, 5) is 0. The van der Waals surface area contributed by atoms with Gasteiger partial charge in [0.05, 0.1) is 0 Å². The van der Waals surface area contributed by atoms with Crippen LogP contribution in [-0.2, 0) is 5.41 Å². The molecular weight excluding hydrogens is 288 g/mol. The van der Waals surface area contributed by atoms with E-state index in [4.69, 9.17) is 0 Å². The Bertz CT molecular complexity index is 616. The van der Waals surface area contributed by atoms with E-state index in [9.17, 15) is 0 Å². The van der Waals surface area contributed by atoms with Crippen LogP contribution in [0.15, 0.2) is 30.3 Å². The van der Waals surface area contributed by atoms with E-state index in [2.05, 4.69) is 51.1 Å². The summed E-state index contributed by atoms with van der Waals surface area (Å²) in [5.41, 5.74) is 2.92. The topological polar surface area (TPSA) is 0 Å². The summed E-state index contributed by atoms with van der Waals surface area (Å²) in [5.74, 6) is 5.83. The Balaban J connectivity index is 1.68. The zero-order valence-corrected chi connectivity index (χ0v) is 15.8. The molecule has 0 heteroatoms. The van der Waals surface area contributed by atoms with Crippen LogP contribution in [0.4, 0.5) is 0 Å². The molecule has 0 aliphatic heterocycles. The fourth-order valence-corrected chi connectivity index (χ4v) is 8.48. The SMILES string of the molecule is CCC1CC2C3CC4CC(CC2(C(C)C)C4)C3(c2ccccc2)C1. The van der Waals surface area contributed by atoms with Crippen LogP contribution in [0.25, 0.3) is 0 Å². The molecule has 0 spiro atoms. The Morgan fingerprint density at radius 3 is 2.46 bits per heavy atom. The summed E-state index contributed by atoms with van der Waals surface area (Å²) < 4.78 is 0. The fourth-order valence-electron chi connectivity index (χ4n) is 8.48. The second-order valence-electron chi connectivity index (χ2n) is 10.2. The molecule has 6 bridgehead atoms. The van der Waals surface area contributed by atoms with Gasteiger partial charge in [0.1, 0.15) is 0 Å². The first-order valence-electron chi connectivity index (χ1n) is 10.7. The van der Waals surface area contributed by atoms with E-state index in [-0.39, 0.29) is 0 Å². The van der Waals surface area contributed by atoms with E-state index in [1.54, 1.807) is 18.4 Å². The van der Waals surface area contributed by atoms with Gasteiger partial charge in [-0.2, -0.15) is 0 Å². The van der Waals surface area contributed by atoms with Crippen LogP contribution < -0.4 is 0 Å². The smallest absolute Gasteiger partial charge is 0.00153 e. The molecule has 0 aromatic heterocycles. The lowest BCUT2D eigenvalue weighted by Crippen LogP contribution is -2.67. The summed E-state index contributed by atoms with van der Waals surface area (Å²) in [7, 11) is 0. The van der Waals surface area contributed by atoms with Gasteiger partial charge in [0, 0.05) is 5.41 Å². The molecule has 0 N–H and O–H groups in total. The number of rotatable bonds is 3. The third kappa shape index (κ3) is 1.76. The molecule has 7 atom stereocenters. The predicted octanol–water partition coefficient (Wildman–Crippen LogP) is 6.45. The summed E-state index contributed by atoms with van der Waals surface area (Å²) >= 11 is 0. The fraction of sp³-hybridized carbons (Fsp3) is 0.750. The largest absolute Gasteiger partial charge is 0.0651 e. The molecule has 5 aliphatic carbocycles. The van der Waals surface area contributed by atoms with Crippen molar-refractivity contribution < 1.29 is 0 Å². The van der Waals surface area contributed by atoms with E-state index in [0.29, 0.717) is 10.8 Å². The number of hydrogen-bond donors (Lipinski definition) is 0. The number of hydrogen-bond acceptors (Lipinski definition) is 0. The molecule has 5 saturated carbocycles. The minimum absolute atomic E-state index is 0.528. The second-order valence-corrected chi connectivity index (χ2v) is 10.2. The predicted molar refractivity (Wildman–Crippen MR) is 101 cm³/mol. The average Bonchev–Trinajstić information content (AvgIpc) is 2.60. The summed E-state index contributed by atoms with van der Waals surface area (Å²) in [6.45, 7) is 7.55. The maximum Gasteiger partial charge on any atom is 0.00153 e. The highest BCUT2D eigenvalue weighted by molar-refractivity contribution is 5.34. The van der Waals surface area contributed by atoms with Gasteiger partial charge in [-0.1, -0.05) is 57.5 Å². The molecule has 130 valence electrons. The van der Waals surface area contributed by atoms with Gasteiger partial charge in [-0.3, -0.25) is 0 Å². The first-order chi connectivity index (χ1) is 11.6. The van der Waals surface area contributed by atoms with Gasteiger partial charge < -0.3 is 0 Å². The molecule has 6 rings (SSSR count). The van der Waals surface area contributed by atoms with Crippen molar-refractivity contribution in [3.05, 3.63) is 35.9 Å². The standard InChI is InChI=1S/C24H34/c1-4-17-11-21-22-12-18-10-20(15-23(21,13-18)16(2)3)24(22,14-17)19-8-6-5-7-9-19/h5-9,16-18,20-22H,4,10-15H2,1-3H3. The van der Waals surface area contributed by atoms with Crippen molar-refractivity contribution in [1.29, 1.82) is 0 Å². The van der Waals surface area contributed by atoms with Crippen molar-refractivity contribution >= 4 is 0 Å². The van der Waals surface area contributed by atoms with Crippen molar-refractivity contribution in [3.63, 3.8) is 0 Å². The van der Waals surface area contributed by atoms with E-state index in [1.807, 2.05) is 0 Å². The van der Waals surface area contributed by atoms with Gasteiger partial charge in [-0.15, -0.1) is 0 Å². The van der Waals surface area contributed by atoms with Gasteiger partial charge in [0.2, 0.25) is 0 Å². The highest BCUT2D eigenvalue weighted by atomic mass is 14.7. The molecule has 1 aromatic rings. The molecule has 24 heavy (non-hydrogen) atoms.